The van der Waals surface area contributed by atoms with Gasteiger partial charge in [-0.15, -0.1) is 0 Å². The van der Waals surface area contributed by atoms with Gasteiger partial charge >= 0.3 is 11.8 Å². The maximum Gasteiger partial charge on any atom is 0.369 e. The molecule has 1 unspecified atom stereocenters. The highest BCUT2D eigenvalue weighted by Crippen LogP contribution is 2.17. The molecule has 0 aliphatic rings. The zero-order valence-corrected chi connectivity index (χ0v) is 4.72. The molecule has 0 saturated carbocycles. The van der Waals surface area contributed by atoms with E-state index in [9.17, 15) is 18.0 Å². The van der Waals surface area contributed by atoms with Crippen molar-refractivity contribution in [2.75, 3.05) is 0 Å². The Morgan fingerprint density at radius 3 is 2.10 bits per heavy atom. The van der Waals surface area contributed by atoms with Crippen LogP contribution >= 0.6 is 0 Å². The van der Waals surface area contributed by atoms with E-state index in [1.807, 2.05) is 0 Å². The molecular formula is C4H5F3O3. The average molecular weight is 158 g/mol. The summed E-state index contributed by atoms with van der Waals surface area (Å²) < 4.78 is 34.4. The van der Waals surface area contributed by atoms with Crippen molar-refractivity contribution in [1.29, 1.82) is 0 Å². The number of carbonyl (C=O) groups is 1. The van der Waals surface area contributed by atoms with Crippen LogP contribution < -0.4 is 0 Å². The minimum Gasteiger partial charge on any atom is -0.477 e. The summed E-state index contributed by atoms with van der Waals surface area (Å²) in [5.41, 5.74) is 0. The third kappa shape index (κ3) is 2.67. The first-order valence-electron chi connectivity index (χ1n) is 2.29. The fourth-order valence-electron chi connectivity index (χ4n) is 0.292. The summed E-state index contributed by atoms with van der Waals surface area (Å²) in [7, 11) is 0. The lowest BCUT2D eigenvalue weighted by Gasteiger charge is -2.11. The van der Waals surface area contributed by atoms with Crippen molar-refractivity contribution >= 4 is 5.97 Å². The third-order valence-corrected chi connectivity index (χ3v) is 0.753. The first-order chi connectivity index (χ1) is 4.36. The molecule has 10 heavy (non-hydrogen) atoms. The van der Waals surface area contributed by atoms with Gasteiger partial charge in [0.15, 0.2) is 0 Å². The van der Waals surface area contributed by atoms with Crippen LogP contribution in [0.2, 0.25) is 0 Å². The van der Waals surface area contributed by atoms with E-state index >= 15 is 0 Å². The van der Waals surface area contributed by atoms with Crippen LogP contribution in [-0.2, 0) is 4.79 Å². The summed E-state index contributed by atoms with van der Waals surface area (Å²) in [5, 5.41) is 15.7. The van der Waals surface area contributed by atoms with Gasteiger partial charge in [0.05, 0.1) is 6.42 Å². The molecule has 2 N–H and O–H groups in total. The lowest BCUT2D eigenvalue weighted by molar-refractivity contribution is -0.187. The van der Waals surface area contributed by atoms with E-state index in [1.54, 1.807) is 0 Å². The summed E-state index contributed by atoms with van der Waals surface area (Å²) in [5.74, 6) is -6.11. The third-order valence-electron chi connectivity index (χ3n) is 0.753. The fraction of sp³-hybridized carbons (Fsp3) is 0.750. The number of hydrogen-bond donors (Lipinski definition) is 2. The van der Waals surface area contributed by atoms with Crippen molar-refractivity contribution in [3.05, 3.63) is 0 Å². The van der Waals surface area contributed by atoms with Crippen LogP contribution in [0.1, 0.15) is 6.42 Å². The van der Waals surface area contributed by atoms with Crippen LogP contribution in [0.4, 0.5) is 13.2 Å². The molecule has 60 valence electrons. The molecule has 0 aliphatic heterocycles. The lowest BCUT2D eigenvalue weighted by atomic mass is 10.2. The van der Waals surface area contributed by atoms with Crippen LogP contribution in [0.15, 0.2) is 0 Å². The van der Waals surface area contributed by atoms with Crippen molar-refractivity contribution in [1.82, 2.24) is 0 Å². The highest BCUT2D eigenvalue weighted by atomic mass is 19.3. The van der Waals surface area contributed by atoms with Crippen molar-refractivity contribution in [3.63, 3.8) is 0 Å². The summed E-state index contributed by atoms with van der Waals surface area (Å²) in [6.07, 6.45) is -4.88. The van der Waals surface area contributed by atoms with Gasteiger partial charge in [-0.05, 0) is 0 Å². The number of aliphatic hydroxyl groups is 1. The van der Waals surface area contributed by atoms with Gasteiger partial charge in [0.1, 0.15) is 0 Å². The minimum atomic E-state index is -3.81. The van der Waals surface area contributed by atoms with Gasteiger partial charge in [-0.1, -0.05) is 0 Å². The van der Waals surface area contributed by atoms with E-state index in [1.165, 1.54) is 0 Å². The molecule has 0 rings (SSSR count). The van der Waals surface area contributed by atoms with E-state index < -0.39 is 24.7 Å². The second-order valence-electron chi connectivity index (χ2n) is 1.66. The summed E-state index contributed by atoms with van der Waals surface area (Å²) in [6.45, 7) is 0. The first kappa shape index (κ1) is 9.22. The number of carboxylic acids is 1. The highest BCUT2D eigenvalue weighted by molar-refractivity contribution is 5.74. The summed E-state index contributed by atoms with van der Waals surface area (Å²) in [6, 6.07) is 0. The predicted molar refractivity (Wildman–Crippen MR) is 24.3 cm³/mol. The normalized spacial score (nSPS) is 16.9. The molecule has 3 nitrogen and oxygen atoms in total. The number of alkyl halides is 3. The van der Waals surface area contributed by atoms with Gasteiger partial charge in [0.25, 0.3) is 0 Å². The van der Waals surface area contributed by atoms with E-state index in [0.29, 0.717) is 0 Å². The lowest BCUT2D eigenvalue weighted by Crippen LogP contribution is -2.35. The molecule has 1 atom stereocenters. The Kier molecular flexibility index (Phi) is 2.65. The number of carboxylic acid groups (broad SMARTS) is 1. The fourth-order valence-corrected chi connectivity index (χ4v) is 0.292. The molecule has 0 bridgehead atoms. The van der Waals surface area contributed by atoms with Gasteiger partial charge in [-0.25, -0.2) is 13.6 Å². The number of rotatable bonds is 3. The predicted octanol–water partition coefficient (Wildman–Crippen LogP) is 0.384. The molecule has 0 aromatic rings. The summed E-state index contributed by atoms with van der Waals surface area (Å²) >= 11 is 0. The zero-order chi connectivity index (χ0) is 8.36. The Bertz CT molecular complexity index is 134. The van der Waals surface area contributed by atoms with Gasteiger partial charge in [0.2, 0.25) is 6.43 Å². The highest BCUT2D eigenvalue weighted by Gasteiger charge is 2.38. The molecule has 0 heterocycles. The van der Waals surface area contributed by atoms with Crippen molar-refractivity contribution < 1.29 is 28.2 Å². The van der Waals surface area contributed by atoms with E-state index in [0.717, 1.165) is 0 Å². The Hall–Kier alpha value is -0.780. The topological polar surface area (TPSA) is 57.5 Å². The number of hydrogen-bond acceptors (Lipinski definition) is 2. The molecule has 0 aromatic heterocycles. The second kappa shape index (κ2) is 2.87. The van der Waals surface area contributed by atoms with Crippen LogP contribution in [0.5, 0.6) is 0 Å². The number of halogens is 3. The van der Waals surface area contributed by atoms with E-state index in [4.69, 9.17) is 10.2 Å². The maximum atomic E-state index is 11.9. The molecule has 0 aliphatic carbocycles. The Balaban J connectivity index is 4.00. The SMILES string of the molecule is O=C(O)C(O)(F)CC(F)F. The average Bonchev–Trinajstić information content (AvgIpc) is 1.60. The maximum absolute atomic E-state index is 11.9. The molecule has 6 heteroatoms. The minimum absolute atomic E-state index is 1.71. The molecule has 0 radical (unpaired) electrons. The largest absolute Gasteiger partial charge is 0.477 e. The van der Waals surface area contributed by atoms with Crippen LogP contribution in [-0.4, -0.2) is 28.5 Å². The Labute approximate surface area is 54.1 Å². The van der Waals surface area contributed by atoms with Crippen LogP contribution in [0, 0.1) is 0 Å². The summed E-state index contributed by atoms with van der Waals surface area (Å²) in [4.78, 5) is 9.60. The second-order valence-corrected chi connectivity index (χ2v) is 1.66. The van der Waals surface area contributed by atoms with E-state index in [-0.39, 0.29) is 0 Å². The molecule has 0 amide bonds. The van der Waals surface area contributed by atoms with Gasteiger partial charge in [0, 0.05) is 0 Å². The molecule has 0 spiro atoms. The molecule has 0 saturated heterocycles. The van der Waals surface area contributed by atoms with Crippen LogP contribution in [0.25, 0.3) is 0 Å². The number of aliphatic carboxylic acids is 1. The van der Waals surface area contributed by atoms with Crippen molar-refractivity contribution in [2.45, 2.75) is 18.7 Å². The standard InChI is InChI=1S/C4H5F3O3/c5-2(6)1-4(7,10)3(8)9/h2,10H,1H2,(H,8,9). The quantitative estimate of drug-likeness (QED) is 0.624. The monoisotopic (exact) mass is 158 g/mol. The van der Waals surface area contributed by atoms with Crippen molar-refractivity contribution in [3.8, 4) is 0 Å². The Morgan fingerprint density at radius 1 is 1.60 bits per heavy atom. The molecule has 0 aromatic carbocycles. The van der Waals surface area contributed by atoms with Crippen molar-refractivity contribution in [2.24, 2.45) is 0 Å². The van der Waals surface area contributed by atoms with Gasteiger partial charge in [-0.2, -0.15) is 4.39 Å². The first-order valence-corrected chi connectivity index (χ1v) is 2.29. The molecular weight excluding hydrogens is 153 g/mol. The smallest absolute Gasteiger partial charge is 0.369 e. The van der Waals surface area contributed by atoms with Gasteiger partial charge < -0.3 is 10.2 Å². The van der Waals surface area contributed by atoms with Crippen LogP contribution in [0.3, 0.4) is 0 Å². The van der Waals surface area contributed by atoms with E-state index in [2.05, 4.69) is 0 Å². The zero-order valence-electron chi connectivity index (χ0n) is 4.72. The molecule has 0 fully saturated rings. The van der Waals surface area contributed by atoms with Gasteiger partial charge in [-0.3, -0.25) is 0 Å². The Morgan fingerprint density at radius 2 is 2.00 bits per heavy atom.